The number of hydrogen-bond acceptors (Lipinski definition) is 7. The van der Waals surface area contributed by atoms with Crippen molar-refractivity contribution in [2.24, 2.45) is 5.92 Å². The van der Waals surface area contributed by atoms with Gasteiger partial charge in [0.1, 0.15) is 23.7 Å². The van der Waals surface area contributed by atoms with E-state index in [1.807, 2.05) is 0 Å². The summed E-state index contributed by atoms with van der Waals surface area (Å²) in [6.45, 7) is 4.34. The van der Waals surface area contributed by atoms with Crippen LogP contribution in [0.25, 0.3) is 0 Å². The van der Waals surface area contributed by atoms with Gasteiger partial charge in [0.15, 0.2) is 0 Å². The first-order chi connectivity index (χ1) is 19.6. The standard InChI is InChI=1S/C28H45N5O7S/c1-3-20-19-28(20)26(36)31-41(38,39)32(2)17-11-7-5-4-6-8-15-22(29-27(37)40-21-13-9-10-14-21)25(35)33-18-12-16-23(33)24(34)30-28/h3,20-23H,1,4-19H2,2H3,(H,29,37)(H,30,34)(H,31,36)/t20-,22+,23+,28-/m1/s1. The molecular weight excluding hydrogens is 550 g/mol. The Morgan fingerprint density at radius 1 is 0.976 bits per heavy atom. The molecule has 13 heteroatoms. The summed E-state index contributed by atoms with van der Waals surface area (Å²) in [6.07, 6.45) is 10.9. The van der Waals surface area contributed by atoms with Crippen LogP contribution < -0.4 is 15.4 Å². The average molecular weight is 596 g/mol. The fourth-order valence-electron chi connectivity index (χ4n) is 6.23. The molecule has 41 heavy (non-hydrogen) atoms. The molecule has 0 aromatic heterocycles. The first-order valence-electron chi connectivity index (χ1n) is 15.1. The molecule has 4 rings (SSSR count). The molecule has 0 unspecified atom stereocenters. The van der Waals surface area contributed by atoms with Crippen LogP contribution in [-0.2, 0) is 29.3 Å². The SMILES string of the molecule is C=C[C@@H]1C[C@@]12NC(=O)[C@@H]1CCCN1C(=O)[C@@H](NC(=O)OC1CCCC1)CCCCCCCCN(C)S(=O)(=O)NC2=O. The van der Waals surface area contributed by atoms with E-state index in [1.54, 1.807) is 0 Å². The fraction of sp³-hybridized carbons (Fsp3) is 0.786. The van der Waals surface area contributed by atoms with Gasteiger partial charge in [0.2, 0.25) is 11.8 Å². The van der Waals surface area contributed by atoms with E-state index in [0.29, 0.717) is 38.6 Å². The van der Waals surface area contributed by atoms with Crippen LogP contribution >= 0.6 is 0 Å². The van der Waals surface area contributed by atoms with Gasteiger partial charge < -0.3 is 20.3 Å². The lowest BCUT2D eigenvalue weighted by atomic mass is 10.0. The van der Waals surface area contributed by atoms with Crippen LogP contribution in [0.1, 0.15) is 89.9 Å². The van der Waals surface area contributed by atoms with Gasteiger partial charge in [0.05, 0.1) is 0 Å². The molecule has 1 spiro atoms. The van der Waals surface area contributed by atoms with Crippen LogP contribution in [0, 0.1) is 5.92 Å². The number of nitrogens with zero attached hydrogens (tertiary/aromatic N) is 2. The van der Waals surface area contributed by atoms with Crippen molar-refractivity contribution >= 4 is 34.0 Å². The molecule has 0 aromatic rings. The quantitative estimate of drug-likeness (QED) is 0.422. The van der Waals surface area contributed by atoms with Crippen LogP contribution in [-0.4, -0.2) is 85.3 Å². The molecule has 2 saturated heterocycles. The van der Waals surface area contributed by atoms with Gasteiger partial charge in [0.25, 0.3) is 5.91 Å². The molecule has 12 nitrogen and oxygen atoms in total. The zero-order valence-corrected chi connectivity index (χ0v) is 24.9. The summed E-state index contributed by atoms with van der Waals surface area (Å²) in [5.74, 6) is -2.12. The average Bonchev–Trinajstić information content (AvgIpc) is 3.25. The van der Waals surface area contributed by atoms with E-state index in [1.165, 1.54) is 18.0 Å². The van der Waals surface area contributed by atoms with Crippen LogP contribution in [0.4, 0.5) is 4.79 Å². The first-order valence-corrected chi connectivity index (χ1v) is 16.5. The van der Waals surface area contributed by atoms with Gasteiger partial charge in [-0.1, -0.05) is 38.2 Å². The Hall–Kier alpha value is -2.67. The number of ether oxygens (including phenoxy) is 1. The summed E-state index contributed by atoms with van der Waals surface area (Å²) >= 11 is 0. The van der Waals surface area contributed by atoms with Crippen LogP contribution in [0.15, 0.2) is 12.7 Å². The molecule has 0 bridgehead atoms. The van der Waals surface area contributed by atoms with E-state index >= 15 is 0 Å². The maximum atomic E-state index is 13.8. The Morgan fingerprint density at radius 3 is 2.32 bits per heavy atom. The zero-order valence-electron chi connectivity index (χ0n) is 24.1. The van der Waals surface area contributed by atoms with Crippen molar-refractivity contribution < 1.29 is 32.3 Å². The minimum Gasteiger partial charge on any atom is -0.446 e. The van der Waals surface area contributed by atoms with E-state index in [2.05, 4.69) is 21.9 Å². The summed E-state index contributed by atoms with van der Waals surface area (Å²) in [5, 5.41) is 5.55. The number of alkyl carbamates (subject to hydrolysis) is 1. The second kappa shape index (κ2) is 13.5. The fourth-order valence-corrected chi connectivity index (χ4v) is 7.17. The monoisotopic (exact) mass is 595 g/mol. The molecule has 0 aromatic carbocycles. The lowest BCUT2D eigenvalue weighted by molar-refractivity contribution is -0.141. The van der Waals surface area contributed by atoms with Crippen molar-refractivity contribution in [3.63, 3.8) is 0 Å². The smallest absolute Gasteiger partial charge is 0.408 e. The maximum Gasteiger partial charge on any atom is 0.408 e. The van der Waals surface area contributed by atoms with Crippen LogP contribution in [0.5, 0.6) is 0 Å². The normalized spacial score (nSPS) is 32.7. The number of amides is 4. The highest BCUT2D eigenvalue weighted by atomic mass is 32.2. The van der Waals surface area contributed by atoms with Gasteiger partial charge in [-0.3, -0.25) is 14.4 Å². The lowest BCUT2D eigenvalue weighted by Crippen LogP contribution is -2.59. The summed E-state index contributed by atoms with van der Waals surface area (Å²) in [5.41, 5.74) is -1.45. The molecule has 2 aliphatic heterocycles. The van der Waals surface area contributed by atoms with E-state index < -0.39 is 51.7 Å². The molecule has 4 fully saturated rings. The largest absolute Gasteiger partial charge is 0.446 e. The number of carbonyl (C=O) groups is 4. The molecule has 2 aliphatic carbocycles. The molecule has 4 aliphatic rings. The summed E-state index contributed by atoms with van der Waals surface area (Å²) in [6, 6.07) is -1.66. The number of rotatable bonds is 3. The van der Waals surface area contributed by atoms with Gasteiger partial charge >= 0.3 is 16.3 Å². The summed E-state index contributed by atoms with van der Waals surface area (Å²) in [7, 11) is -2.67. The highest BCUT2D eigenvalue weighted by Gasteiger charge is 2.61. The summed E-state index contributed by atoms with van der Waals surface area (Å²) < 4.78 is 34.5. The highest BCUT2D eigenvalue weighted by Crippen LogP contribution is 2.45. The van der Waals surface area contributed by atoms with Crippen molar-refractivity contribution in [3.8, 4) is 0 Å². The second-order valence-electron chi connectivity index (χ2n) is 11.9. The van der Waals surface area contributed by atoms with Gasteiger partial charge in [-0.15, -0.1) is 6.58 Å². The predicted octanol–water partition coefficient (Wildman–Crippen LogP) is 2.11. The van der Waals surface area contributed by atoms with E-state index in [4.69, 9.17) is 4.74 Å². The number of carbonyl (C=O) groups excluding carboxylic acids is 4. The Labute approximate surface area is 243 Å². The Morgan fingerprint density at radius 2 is 1.63 bits per heavy atom. The summed E-state index contributed by atoms with van der Waals surface area (Å²) in [4.78, 5) is 54.8. The number of fused-ring (bicyclic) bond motifs is 1. The van der Waals surface area contributed by atoms with Crippen molar-refractivity contribution in [3.05, 3.63) is 12.7 Å². The molecular formula is C28H45N5O7S. The third-order valence-corrected chi connectivity index (χ3v) is 10.3. The minimum absolute atomic E-state index is 0.139. The highest BCUT2D eigenvalue weighted by molar-refractivity contribution is 7.87. The molecule has 4 amide bonds. The van der Waals surface area contributed by atoms with Crippen molar-refractivity contribution in [1.82, 2.24) is 24.6 Å². The topological polar surface area (TPSA) is 154 Å². The number of nitrogens with one attached hydrogen (secondary N) is 3. The lowest BCUT2D eigenvalue weighted by Gasteiger charge is -2.30. The van der Waals surface area contributed by atoms with Crippen molar-refractivity contribution in [2.75, 3.05) is 20.1 Å². The van der Waals surface area contributed by atoms with Gasteiger partial charge in [-0.05, 0) is 57.8 Å². The molecule has 2 heterocycles. The molecule has 3 N–H and O–H groups in total. The predicted molar refractivity (Wildman–Crippen MR) is 152 cm³/mol. The Kier molecular flexibility index (Phi) is 10.3. The minimum atomic E-state index is -4.10. The first kappa shape index (κ1) is 31.3. The van der Waals surface area contributed by atoms with E-state index in [9.17, 15) is 27.6 Å². The van der Waals surface area contributed by atoms with Gasteiger partial charge in [-0.25, -0.2) is 9.52 Å². The second-order valence-corrected chi connectivity index (χ2v) is 13.7. The molecule has 2 saturated carbocycles. The third kappa shape index (κ3) is 7.59. The van der Waals surface area contributed by atoms with Gasteiger partial charge in [0, 0.05) is 26.1 Å². The number of hydrogen-bond donors (Lipinski definition) is 3. The van der Waals surface area contributed by atoms with E-state index in [0.717, 1.165) is 55.7 Å². The van der Waals surface area contributed by atoms with E-state index in [-0.39, 0.29) is 25.0 Å². The van der Waals surface area contributed by atoms with Crippen molar-refractivity contribution in [2.45, 2.75) is 114 Å². The Bertz CT molecular complexity index is 1110. The van der Waals surface area contributed by atoms with Crippen LogP contribution in [0.2, 0.25) is 0 Å². The van der Waals surface area contributed by atoms with Gasteiger partial charge in [-0.2, -0.15) is 12.7 Å². The van der Waals surface area contributed by atoms with Crippen molar-refractivity contribution in [1.29, 1.82) is 0 Å². The Balaban J connectivity index is 1.53. The molecule has 230 valence electrons. The molecule has 0 radical (unpaired) electrons. The molecule has 4 atom stereocenters. The third-order valence-electron chi connectivity index (χ3n) is 8.90. The maximum absolute atomic E-state index is 13.8. The zero-order chi connectivity index (χ0) is 29.6. The van der Waals surface area contributed by atoms with Crippen LogP contribution in [0.3, 0.4) is 0 Å².